The summed E-state index contributed by atoms with van der Waals surface area (Å²) in [5, 5.41) is 5.81. The number of hydrogen-bond donors (Lipinski definition) is 2. The molecule has 36 heavy (non-hydrogen) atoms. The lowest BCUT2D eigenvalue weighted by molar-refractivity contribution is -0.134. The maximum absolute atomic E-state index is 13.7. The average Bonchev–Trinajstić information content (AvgIpc) is 3.37. The second-order valence-electron chi connectivity index (χ2n) is 10.5. The molecule has 3 fully saturated rings. The van der Waals surface area contributed by atoms with Gasteiger partial charge in [-0.05, 0) is 82.3 Å². The molecule has 3 heterocycles. The Labute approximate surface area is 213 Å². The highest BCUT2D eigenvalue weighted by molar-refractivity contribution is 6.07. The number of urea groups is 1. The van der Waals surface area contributed by atoms with Crippen molar-refractivity contribution < 1.29 is 19.2 Å². The first-order valence-electron chi connectivity index (χ1n) is 13.3. The van der Waals surface area contributed by atoms with Gasteiger partial charge in [0.05, 0.1) is 0 Å². The first-order chi connectivity index (χ1) is 17.2. The largest absolute Gasteiger partial charge is 0.339 e. The summed E-state index contributed by atoms with van der Waals surface area (Å²) in [6, 6.07) is 7.04. The summed E-state index contributed by atoms with van der Waals surface area (Å²) in [6.45, 7) is 6.09. The number of carbonyl (C=O) groups excluding carboxylic acids is 4. The van der Waals surface area contributed by atoms with Gasteiger partial charge in [0.25, 0.3) is 11.8 Å². The predicted octanol–water partition coefficient (Wildman–Crippen LogP) is 3.07. The van der Waals surface area contributed by atoms with Crippen molar-refractivity contribution in [3.8, 4) is 0 Å². The molecular weight excluding hydrogens is 458 g/mol. The van der Waals surface area contributed by atoms with E-state index in [4.69, 9.17) is 0 Å². The van der Waals surface area contributed by atoms with Gasteiger partial charge in [0, 0.05) is 43.9 Å². The zero-order valence-corrected chi connectivity index (χ0v) is 21.7. The van der Waals surface area contributed by atoms with Crippen LogP contribution in [0, 0.1) is 5.92 Å². The number of hydrogen-bond acceptors (Lipinski definition) is 5. The number of anilines is 1. The standard InChI is InChI=1S/C27H39N5O4/c1-4-14-27(25(35)32(26(36)29-27)18-13-23-6-5-15-30(23)3)21-11-16-31(17-12-21)24(34)20-7-9-22(10-8-20)28-19(2)33/h7-10,21,23H,4-6,11-18H2,1-3H3,(H,28,33)(H,29,36). The van der Waals surface area contributed by atoms with Crippen molar-refractivity contribution in [1.29, 1.82) is 0 Å². The number of rotatable bonds is 8. The summed E-state index contributed by atoms with van der Waals surface area (Å²) < 4.78 is 0. The Hall–Kier alpha value is -2.94. The number of amides is 5. The fourth-order valence-corrected chi connectivity index (χ4v) is 6.17. The molecule has 9 nitrogen and oxygen atoms in total. The van der Waals surface area contributed by atoms with Crippen LogP contribution in [0.25, 0.3) is 0 Å². The molecule has 0 saturated carbocycles. The molecule has 0 aliphatic carbocycles. The molecule has 0 aromatic heterocycles. The Morgan fingerprint density at radius 3 is 2.36 bits per heavy atom. The van der Waals surface area contributed by atoms with E-state index in [9.17, 15) is 19.2 Å². The lowest BCUT2D eigenvalue weighted by Crippen LogP contribution is -2.56. The van der Waals surface area contributed by atoms with Gasteiger partial charge in [-0.2, -0.15) is 0 Å². The Balaban J connectivity index is 1.38. The SMILES string of the molecule is CCCC1(C2CCN(C(=O)c3ccc(NC(C)=O)cc3)CC2)NC(=O)N(CCC2CCCN2C)C1=O. The average molecular weight is 498 g/mol. The number of imide groups is 1. The number of carbonyl (C=O) groups is 4. The zero-order chi connectivity index (χ0) is 25.9. The normalized spacial score (nSPS) is 25.4. The number of nitrogens with one attached hydrogen (secondary N) is 2. The molecule has 4 rings (SSSR count). The third-order valence-corrected chi connectivity index (χ3v) is 8.14. The second kappa shape index (κ2) is 11.0. The minimum Gasteiger partial charge on any atom is -0.339 e. The van der Waals surface area contributed by atoms with Crippen LogP contribution in [-0.2, 0) is 9.59 Å². The van der Waals surface area contributed by atoms with Crippen LogP contribution in [0.15, 0.2) is 24.3 Å². The minimum atomic E-state index is -0.872. The van der Waals surface area contributed by atoms with Gasteiger partial charge in [-0.25, -0.2) is 4.79 Å². The van der Waals surface area contributed by atoms with Crippen LogP contribution in [0.4, 0.5) is 10.5 Å². The summed E-state index contributed by atoms with van der Waals surface area (Å²) >= 11 is 0. The molecule has 2 N–H and O–H groups in total. The van der Waals surface area contributed by atoms with E-state index in [1.807, 2.05) is 11.8 Å². The fourth-order valence-electron chi connectivity index (χ4n) is 6.17. The third kappa shape index (κ3) is 5.26. The van der Waals surface area contributed by atoms with Crippen molar-refractivity contribution in [3.63, 3.8) is 0 Å². The van der Waals surface area contributed by atoms with Crippen molar-refractivity contribution in [2.75, 3.05) is 38.5 Å². The van der Waals surface area contributed by atoms with Crippen LogP contribution in [-0.4, -0.2) is 83.3 Å². The predicted molar refractivity (Wildman–Crippen MR) is 138 cm³/mol. The maximum atomic E-state index is 13.7. The van der Waals surface area contributed by atoms with E-state index in [-0.39, 0.29) is 29.7 Å². The third-order valence-electron chi connectivity index (χ3n) is 8.14. The molecule has 196 valence electrons. The zero-order valence-electron chi connectivity index (χ0n) is 21.7. The van der Waals surface area contributed by atoms with Gasteiger partial charge in [0.1, 0.15) is 5.54 Å². The van der Waals surface area contributed by atoms with E-state index in [0.29, 0.717) is 56.2 Å². The van der Waals surface area contributed by atoms with Crippen molar-refractivity contribution in [3.05, 3.63) is 29.8 Å². The Bertz CT molecular complexity index is 988. The van der Waals surface area contributed by atoms with Gasteiger partial charge >= 0.3 is 6.03 Å². The summed E-state index contributed by atoms with van der Waals surface area (Å²) in [5.41, 5.74) is 0.348. The number of benzene rings is 1. The monoisotopic (exact) mass is 497 g/mol. The first kappa shape index (κ1) is 26.1. The molecule has 0 bridgehead atoms. The highest BCUT2D eigenvalue weighted by atomic mass is 16.2. The van der Waals surface area contributed by atoms with E-state index >= 15 is 0 Å². The number of likely N-dealkylation sites (tertiary alicyclic amines) is 2. The second-order valence-corrected chi connectivity index (χ2v) is 10.5. The highest BCUT2D eigenvalue weighted by Gasteiger charge is 2.55. The molecule has 9 heteroatoms. The summed E-state index contributed by atoms with van der Waals surface area (Å²) in [4.78, 5) is 56.5. The molecule has 5 amide bonds. The molecule has 0 spiro atoms. The molecule has 3 saturated heterocycles. The number of piperidine rings is 1. The Morgan fingerprint density at radius 2 is 1.78 bits per heavy atom. The van der Waals surface area contributed by atoms with E-state index in [0.717, 1.165) is 32.2 Å². The fraction of sp³-hybridized carbons (Fsp3) is 0.630. The minimum absolute atomic E-state index is 0.000697. The topological polar surface area (TPSA) is 102 Å². The summed E-state index contributed by atoms with van der Waals surface area (Å²) in [6.07, 6.45) is 5.83. The Morgan fingerprint density at radius 1 is 1.08 bits per heavy atom. The van der Waals surface area contributed by atoms with E-state index in [2.05, 4.69) is 22.6 Å². The first-order valence-corrected chi connectivity index (χ1v) is 13.3. The smallest absolute Gasteiger partial charge is 0.325 e. The van der Waals surface area contributed by atoms with Gasteiger partial charge in [-0.15, -0.1) is 0 Å². The lowest BCUT2D eigenvalue weighted by Gasteiger charge is -2.41. The molecule has 0 radical (unpaired) electrons. The van der Waals surface area contributed by atoms with Crippen LogP contribution in [0.5, 0.6) is 0 Å². The van der Waals surface area contributed by atoms with Gasteiger partial charge in [0.15, 0.2) is 0 Å². The van der Waals surface area contributed by atoms with Crippen LogP contribution >= 0.6 is 0 Å². The number of nitrogens with zero attached hydrogens (tertiary/aromatic N) is 3. The molecular formula is C27H39N5O4. The van der Waals surface area contributed by atoms with Crippen molar-refractivity contribution >= 4 is 29.4 Å². The Kier molecular flexibility index (Phi) is 7.97. The lowest BCUT2D eigenvalue weighted by atomic mass is 9.74. The maximum Gasteiger partial charge on any atom is 0.325 e. The van der Waals surface area contributed by atoms with Crippen LogP contribution in [0.1, 0.15) is 69.2 Å². The molecule has 3 aliphatic heterocycles. The van der Waals surface area contributed by atoms with Crippen LogP contribution < -0.4 is 10.6 Å². The van der Waals surface area contributed by atoms with Crippen LogP contribution in [0.2, 0.25) is 0 Å². The highest BCUT2D eigenvalue weighted by Crippen LogP contribution is 2.37. The van der Waals surface area contributed by atoms with Gasteiger partial charge < -0.3 is 20.4 Å². The molecule has 2 atom stereocenters. The molecule has 2 unspecified atom stereocenters. The van der Waals surface area contributed by atoms with E-state index in [1.54, 1.807) is 24.3 Å². The van der Waals surface area contributed by atoms with E-state index < -0.39 is 5.54 Å². The molecule has 3 aliphatic rings. The van der Waals surface area contributed by atoms with Gasteiger partial charge in [0.2, 0.25) is 5.91 Å². The van der Waals surface area contributed by atoms with Crippen molar-refractivity contribution in [2.24, 2.45) is 5.92 Å². The quantitative estimate of drug-likeness (QED) is 0.538. The van der Waals surface area contributed by atoms with Gasteiger partial charge in [-0.1, -0.05) is 13.3 Å². The summed E-state index contributed by atoms with van der Waals surface area (Å²) in [5.74, 6) is -0.306. The van der Waals surface area contributed by atoms with Gasteiger partial charge in [-0.3, -0.25) is 19.3 Å². The molecule has 1 aromatic carbocycles. The molecule has 1 aromatic rings. The van der Waals surface area contributed by atoms with Crippen molar-refractivity contribution in [2.45, 2.75) is 70.4 Å². The summed E-state index contributed by atoms with van der Waals surface area (Å²) in [7, 11) is 2.11. The van der Waals surface area contributed by atoms with Crippen molar-refractivity contribution in [1.82, 2.24) is 20.0 Å². The van der Waals surface area contributed by atoms with E-state index in [1.165, 1.54) is 11.8 Å². The van der Waals surface area contributed by atoms with Crippen LogP contribution in [0.3, 0.4) is 0 Å².